The largest absolute Gasteiger partial charge is 0.313 e. The van der Waals surface area contributed by atoms with Crippen LogP contribution in [0.15, 0.2) is 173 Å². The summed E-state index contributed by atoms with van der Waals surface area (Å²) in [4.78, 5) is 12.0. The first-order valence-corrected chi connectivity index (χ1v) is 19.6. The average Bonchev–Trinajstić information content (AvgIpc) is 3.71. The van der Waals surface area contributed by atoms with E-state index in [2.05, 4.69) is 189 Å². The molecule has 5 aromatic carbocycles. The zero-order valence-electron chi connectivity index (χ0n) is 30.3. The molecular weight excluding hydrogens is 663 g/mol. The molecule has 0 bridgehead atoms. The number of fused-ring (bicyclic) bond motifs is 6. The van der Waals surface area contributed by atoms with E-state index in [1.807, 2.05) is 11.8 Å². The molecule has 3 nitrogen and oxygen atoms in total. The van der Waals surface area contributed by atoms with E-state index in [0.29, 0.717) is 17.8 Å². The molecule has 258 valence electrons. The minimum atomic E-state index is -0.424. The van der Waals surface area contributed by atoms with Crippen LogP contribution in [0, 0.1) is 11.8 Å². The number of hydrogen-bond acceptors (Lipinski definition) is 3. The van der Waals surface area contributed by atoms with Crippen molar-refractivity contribution in [3.05, 3.63) is 191 Å². The highest BCUT2D eigenvalue weighted by Crippen LogP contribution is 2.61. The van der Waals surface area contributed by atoms with Crippen molar-refractivity contribution < 1.29 is 0 Å². The summed E-state index contributed by atoms with van der Waals surface area (Å²) in [5, 5.41) is 1.30. The number of para-hydroxylation sites is 1. The van der Waals surface area contributed by atoms with Crippen LogP contribution in [0.1, 0.15) is 66.6 Å². The van der Waals surface area contributed by atoms with Crippen molar-refractivity contribution in [2.24, 2.45) is 21.8 Å². The van der Waals surface area contributed by atoms with Crippen molar-refractivity contribution >= 4 is 45.9 Å². The maximum Gasteiger partial charge on any atom is 0.155 e. The molecule has 4 aliphatic rings. The Labute approximate surface area is 316 Å². The van der Waals surface area contributed by atoms with Crippen LogP contribution in [0.3, 0.4) is 0 Å². The third-order valence-electron chi connectivity index (χ3n) is 12.1. The van der Waals surface area contributed by atoms with Crippen LogP contribution in [0.4, 0.5) is 0 Å². The summed E-state index contributed by atoms with van der Waals surface area (Å²) in [6.45, 7) is 7.14. The van der Waals surface area contributed by atoms with Crippen molar-refractivity contribution in [2.45, 2.75) is 48.3 Å². The van der Waals surface area contributed by atoms with E-state index in [4.69, 9.17) is 9.98 Å². The molecule has 0 fully saturated rings. The fourth-order valence-electron chi connectivity index (χ4n) is 9.40. The summed E-state index contributed by atoms with van der Waals surface area (Å²) in [6, 6.07) is 48.0. The number of hydrogen-bond donors (Lipinski definition) is 0. The van der Waals surface area contributed by atoms with E-state index in [1.165, 1.54) is 43.8 Å². The third-order valence-corrected chi connectivity index (χ3v) is 13.6. The van der Waals surface area contributed by atoms with Gasteiger partial charge in [0.15, 0.2) is 5.84 Å². The number of amidine groups is 1. The third kappa shape index (κ3) is 5.10. The Bertz CT molecular complexity index is 2550. The molecule has 0 saturated heterocycles. The van der Waals surface area contributed by atoms with Gasteiger partial charge in [-0.05, 0) is 78.4 Å². The topological polar surface area (TPSA) is 29.6 Å². The fraction of sp³-hybridized carbons (Fsp3) is 0.184. The maximum absolute atomic E-state index is 5.36. The number of nitrogens with zero attached hydrogens (tertiary/aromatic N) is 3. The van der Waals surface area contributed by atoms with Gasteiger partial charge in [0.2, 0.25) is 0 Å². The van der Waals surface area contributed by atoms with Crippen LogP contribution in [-0.4, -0.2) is 20.9 Å². The number of benzene rings is 5. The Morgan fingerprint density at radius 3 is 2.26 bits per heavy atom. The molecule has 1 aromatic heterocycles. The van der Waals surface area contributed by atoms with Crippen molar-refractivity contribution in [1.29, 1.82) is 0 Å². The van der Waals surface area contributed by atoms with Crippen LogP contribution < -0.4 is 0 Å². The molecule has 5 unspecified atom stereocenters. The van der Waals surface area contributed by atoms with Gasteiger partial charge in [-0.25, -0.2) is 4.99 Å². The van der Waals surface area contributed by atoms with Crippen LogP contribution >= 0.6 is 11.8 Å². The van der Waals surface area contributed by atoms with Crippen molar-refractivity contribution in [3.8, 4) is 5.69 Å². The Kier molecular flexibility index (Phi) is 7.49. The Morgan fingerprint density at radius 2 is 1.45 bits per heavy atom. The van der Waals surface area contributed by atoms with Crippen molar-refractivity contribution in [1.82, 2.24) is 4.57 Å². The van der Waals surface area contributed by atoms with Crippen LogP contribution in [0.2, 0.25) is 0 Å². The van der Waals surface area contributed by atoms with E-state index in [0.717, 1.165) is 34.8 Å². The molecule has 0 N–H and O–H groups in total. The second-order valence-electron chi connectivity index (χ2n) is 15.3. The van der Waals surface area contributed by atoms with E-state index in [-0.39, 0.29) is 4.75 Å². The van der Waals surface area contributed by atoms with Gasteiger partial charge in [0, 0.05) is 51.0 Å². The molecule has 6 aromatic rings. The summed E-state index contributed by atoms with van der Waals surface area (Å²) in [5.74, 6) is 1.77. The lowest BCUT2D eigenvalue weighted by atomic mass is 9.67. The smallest absolute Gasteiger partial charge is 0.155 e. The number of thioether (sulfide) groups is 1. The fourth-order valence-corrected chi connectivity index (χ4v) is 10.9. The first-order valence-electron chi connectivity index (χ1n) is 18.8. The van der Waals surface area contributed by atoms with E-state index in [9.17, 15) is 0 Å². The summed E-state index contributed by atoms with van der Waals surface area (Å²) < 4.78 is 2.50. The second kappa shape index (κ2) is 12.3. The summed E-state index contributed by atoms with van der Waals surface area (Å²) in [7, 11) is 0. The van der Waals surface area contributed by atoms with Gasteiger partial charge in [-0.15, -0.1) is 11.8 Å². The molecule has 3 heterocycles. The zero-order valence-corrected chi connectivity index (χ0v) is 31.1. The van der Waals surface area contributed by atoms with Crippen LogP contribution in [-0.2, 0) is 5.54 Å². The molecule has 0 saturated carbocycles. The van der Waals surface area contributed by atoms with Gasteiger partial charge in [0.1, 0.15) is 0 Å². The van der Waals surface area contributed by atoms with E-state index >= 15 is 0 Å². The Hall–Kier alpha value is -5.45. The highest BCUT2D eigenvalue weighted by Gasteiger charge is 2.49. The van der Waals surface area contributed by atoms with Crippen LogP contribution in [0.25, 0.3) is 28.2 Å². The molecule has 0 amide bonds. The first-order chi connectivity index (χ1) is 25.9. The molecule has 53 heavy (non-hydrogen) atoms. The highest BCUT2D eigenvalue weighted by molar-refractivity contribution is 8.01. The maximum atomic E-state index is 5.36. The molecule has 5 atom stereocenters. The Balaban J connectivity index is 1.05. The van der Waals surface area contributed by atoms with Gasteiger partial charge in [-0.2, -0.15) is 0 Å². The molecule has 2 aliphatic carbocycles. The molecule has 0 radical (unpaired) electrons. The van der Waals surface area contributed by atoms with Gasteiger partial charge >= 0.3 is 0 Å². The SMILES string of the molecule is CC1c2c(c3ccccc3n2-c2ccc(C3=NC(C)(c4ccccc4)CC(c4ccccc4)=N3)cc2)C=CC1C1C=CC=C2c3ccccc3SC21C. The molecule has 2 aliphatic heterocycles. The number of aliphatic imine (C=N–C) groups is 2. The minimum absolute atomic E-state index is 0.0220. The van der Waals surface area contributed by atoms with Crippen molar-refractivity contribution in [3.63, 3.8) is 0 Å². The predicted octanol–water partition coefficient (Wildman–Crippen LogP) is 12.1. The quantitative estimate of drug-likeness (QED) is 0.176. The first kappa shape index (κ1) is 32.2. The number of rotatable bonds is 5. The zero-order chi connectivity index (χ0) is 35.7. The van der Waals surface area contributed by atoms with Gasteiger partial charge in [0.25, 0.3) is 0 Å². The highest BCUT2D eigenvalue weighted by atomic mass is 32.2. The lowest BCUT2D eigenvalue weighted by Crippen LogP contribution is -2.38. The predicted molar refractivity (Wildman–Crippen MR) is 223 cm³/mol. The van der Waals surface area contributed by atoms with Crippen molar-refractivity contribution in [2.75, 3.05) is 0 Å². The molecule has 4 heteroatoms. The lowest BCUT2D eigenvalue weighted by molar-refractivity contribution is 0.370. The van der Waals surface area contributed by atoms with Gasteiger partial charge in [-0.1, -0.05) is 134 Å². The van der Waals surface area contributed by atoms with Gasteiger partial charge < -0.3 is 4.57 Å². The lowest BCUT2D eigenvalue weighted by Gasteiger charge is -2.42. The van der Waals surface area contributed by atoms with Gasteiger partial charge in [0.05, 0.1) is 21.5 Å². The van der Waals surface area contributed by atoms with E-state index in [1.54, 1.807) is 0 Å². The Morgan fingerprint density at radius 1 is 0.736 bits per heavy atom. The monoisotopic (exact) mass is 703 g/mol. The number of aromatic nitrogens is 1. The molecular formula is C49H41N3S. The van der Waals surface area contributed by atoms with Gasteiger partial charge in [-0.3, -0.25) is 4.99 Å². The standard InChI is InChI=1S/C49H41N3S/c1-32-37(41-21-14-22-42-40-20-11-13-24-45(40)53-49(41,42)3)29-30-39-38-19-10-12-23-44(38)52(46(32)39)36-27-25-34(26-28-36)47-50-43(33-15-6-4-7-16-33)31-48(2,51-47)35-17-8-5-9-18-35/h4-30,32,37,41H,31H2,1-3H3. The summed E-state index contributed by atoms with van der Waals surface area (Å²) in [6.07, 6.45) is 12.8. The number of allylic oxidation sites excluding steroid dienone is 4. The average molecular weight is 704 g/mol. The molecule has 10 rings (SSSR count). The van der Waals surface area contributed by atoms with Crippen LogP contribution in [0.5, 0.6) is 0 Å². The normalized spacial score (nSPS) is 25.6. The molecule has 0 spiro atoms. The minimum Gasteiger partial charge on any atom is -0.313 e. The summed E-state index contributed by atoms with van der Waals surface area (Å²) in [5.41, 5.74) is 12.0. The second-order valence-corrected chi connectivity index (χ2v) is 16.8. The summed E-state index contributed by atoms with van der Waals surface area (Å²) >= 11 is 2.04. The van der Waals surface area contributed by atoms with E-state index < -0.39 is 5.54 Å².